The monoisotopic (exact) mass is 233 g/mol. The fourth-order valence-electron chi connectivity index (χ4n) is 1.43. The van der Waals surface area contributed by atoms with Crippen LogP contribution in [-0.4, -0.2) is 18.1 Å². The zero-order chi connectivity index (χ0) is 11.2. The average Bonchev–Trinajstić information content (AvgIpc) is 2.84. The van der Waals surface area contributed by atoms with Crippen molar-refractivity contribution in [1.82, 2.24) is 4.98 Å². The van der Waals surface area contributed by atoms with E-state index < -0.39 is 0 Å². The largest absolute Gasteiger partial charge is 0.385 e. The van der Waals surface area contributed by atoms with Crippen molar-refractivity contribution < 1.29 is 0 Å². The SMILES string of the molecule is NCCCNc1ccc(-c2nccs2)cc1. The molecule has 4 heteroatoms. The van der Waals surface area contributed by atoms with E-state index in [1.54, 1.807) is 11.3 Å². The van der Waals surface area contributed by atoms with Gasteiger partial charge in [0.15, 0.2) is 0 Å². The lowest BCUT2D eigenvalue weighted by molar-refractivity contribution is 0.874. The van der Waals surface area contributed by atoms with Gasteiger partial charge in [0.05, 0.1) is 0 Å². The molecule has 0 atom stereocenters. The summed E-state index contributed by atoms with van der Waals surface area (Å²) >= 11 is 1.66. The van der Waals surface area contributed by atoms with Crippen LogP contribution in [0.3, 0.4) is 0 Å². The van der Waals surface area contributed by atoms with Gasteiger partial charge in [0.25, 0.3) is 0 Å². The standard InChI is InChI=1S/C12H15N3S/c13-6-1-7-14-11-4-2-10(3-5-11)12-15-8-9-16-12/h2-5,8-9,14H,1,6-7,13H2. The molecule has 3 N–H and O–H groups in total. The minimum absolute atomic E-state index is 0.726. The second-order valence-electron chi connectivity index (χ2n) is 3.48. The summed E-state index contributed by atoms with van der Waals surface area (Å²) in [6.07, 6.45) is 2.82. The summed E-state index contributed by atoms with van der Waals surface area (Å²) in [6, 6.07) is 8.33. The highest BCUT2D eigenvalue weighted by Crippen LogP contribution is 2.22. The third-order valence-corrected chi connectivity index (χ3v) is 3.10. The molecule has 84 valence electrons. The van der Waals surface area contributed by atoms with Crippen LogP contribution in [0.4, 0.5) is 5.69 Å². The molecule has 0 fully saturated rings. The molecule has 0 amide bonds. The first-order valence-electron chi connectivity index (χ1n) is 5.34. The van der Waals surface area contributed by atoms with E-state index in [2.05, 4.69) is 34.6 Å². The number of rotatable bonds is 5. The van der Waals surface area contributed by atoms with Gasteiger partial charge in [-0.3, -0.25) is 0 Å². The van der Waals surface area contributed by atoms with Crippen molar-refractivity contribution in [2.24, 2.45) is 5.73 Å². The molecule has 0 aliphatic rings. The lowest BCUT2D eigenvalue weighted by Gasteiger charge is -2.05. The van der Waals surface area contributed by atoms with Gasteiger partial charge in [0.2, 0.25) is 0 Å². The summed E-state index contributed by atoms with van der Waals surface area (Å²) in [7, 11) is 0. The second-order valence-corrected chi connectivity index (χ2v) is 4.38. The van der Waals surface area contributed by atoms with Gasteiger partial charge < -0.3 is 11.1 Å². The molecule has 2 aromatic rings. The summed E-state index contributed by atoms with van der Waals surface area (Å²) in [6.45, 7) is 1.65. The molecular weight excluding hydrogens is 218 g/mol. The van der Waals surface area contributed by atoms with Gasteiger partial charge >= 0.3 is 0 Å². The molecule has 0 spiro atoms. The molecule has 0 aliphatic heterocycles. The smallest absolute Gasteiger partial charge is 0.123 e. The van der Waals surface area contributed by atoms with Crippen LogP contribution >= 0.6 is 11.3 Å². The van der Waals surface area contributed by atoms with Crippen LogP contribution in [0.5, 0.6) is 0 Å². The Morgan fingerprint density at radius 3 is 2.69 bits per heavy atom. The number of hydrogen-bond donors (Lipinski definition) is 2. The van der Waals surface area contributed by atoms with Crippen LogP contribution < -0.4 is 11.1 Å². The van der Waals surface area contributed by atoms with E-state index in [9.17, 15) is 0 Å². The van der Waals surface area contributed by atoms with Crippen LogP contribution in [0, 0.1) is 0 Å². The average molecular weight is 233 g/mol. The normalized spacial score (nSPS) is 10.3. The summed E-state index contributed by atoms with van der Waals surface area (Å²) in [5.74, 6) is 0. The highest BCUT2D eigenvalue weighted by molar-refractivity contribution is 7.13. The van der Waals surface area contributed by atoms with Crippen LogP contribution in [0.15, 0.2) is 35.8 Å². The third kappa shape index (κ3) is 2.81. The molecule has 0 radical (unpaired) electrons. The first-order chi connectivity index (χ1) is 7.90. The van der Waals surface area contributed by atoms with Crippen molar-refractivity contribution in [3.05, 3.63) is 35.8 Å². The van der Waals surface area contributed by atoms with E-state index in [1.165, 1.54) is 5.56 Å². The molecule has 1 aromatic heterocycles. The number of thiazole rings is 1. The van der Waals surface area contributed by atoms with E-state index >= 15 is 0 Å². The highest BCUT2D eigenvalue weighted by Gasteiger charge is 1.99. The molecular formula is C12H15N3S. The minimum atomic E-state index is 0.726. The quantitative estimate of drug-likeness (QED) is 0.780. The van der Waals surface area contributed by atoms with E-state index in [0.29, 0.717) is 0 Å². The highest BCUT2D eigenvalue weighted by atomic mass is 32.1. The molecule has 0 saturated carbocycles. The van der Waals surface area contributed by atoms with Crippen molar-refractivity contribution in [2.75, 3.05) is 18.4 Å². The number of aromatic nitrogens is 1. The number of anilines is 1. The Labute approximate surface area is 99.3 Å². The van der Waals surface area contributed by atoms with E-state index in [-0.39, 0.29) is 0 Å². The number of nitrogens with zero attached hydrogens (tertiary/aromatic N) is 1. The predicted molar refractivity (Wildman–Crippen MR) is 69.7 cm³/mol. The number of benzene rings is 1. The first-order valence-corrected chi connectivity index (χ1v) is 6.22. The van der Waals surface area contributed by atoms with Gasteiger partial charge in [0.1, 0.15) is 5.01 Å². The molecule has 0 saturated heterocycles. The molecule has 1 aromatic carbocycles. The minimum Gasteiger partial charge on any atom is -0.385 e. The fraction of sp³-hybridized carbons (Fsp3) is 0.250. The molecule has 1 heterocycles. The van der Waals surface area contributed by atoms with Crippen molar-refractivity contribution in [3.8, 4) is 10.6 Å². The lowest BCUT2D eigenvalue weighted by Crippen LogP contribution is -2.08. The maximum absolute atomic E-state index is 5.43. The third-order valence-electron chi connectivity index (χ3n) is 2.27. The Hall–Kier alpha value is -1.39. The van der Waals surface area contributed by atoms with Crippen LogP contribution in [-0.2, 0) is 0 Å². The fourth-order valence-corrected chi connectivity index (χ4v) is 2.08. The van der Waals surface area contributed by atoms with Crippen molar-refractivity contribution in [2.45, 2.75) is 6.42 Å². The van der Waals surface area contributed by atoms with Gasteiger partial charge in [-0.15, -0.1) is 11.3 Å². The Bertz CT molecular complexity index is 408. The molecule has 0 bridgehead atoms. The summed E-state index contributed by atoms with van der Waals surface area (Å²) < 4.78 is 0. The predicted octanol–water partition coefficient (Wildman–Crippen LogP) is 2.57. The molecule has 0 unspecified atom stereocenters. The lowest BCUT2D eigenvalue weighted by atomic mass is 10.2. The number of hydrogen-bond acceptors (Lipinski definition) is 4. The maximum Gasteiger partial charge on any atom is 0.123 e. The topological polar surface area (TPSA) is 50.9 Å². The van der Waals surface area contributed by atoms with Gasteiger partial charge in [0, 0.05) is 29.4 Å². The van der Waals surface area contributed by atoms with E-state index in [4.69, 9.17) is 5.73 Å². The van der Waals surface area contributed by atoms with Gasteiger partial charge in [-0.25, -0.2) is 4.98 Å². The number of nitrogens with two attached hydrogens (primary N) is 1. The Morgan fingerprint density at radius 2 is 2.06 bits per heavy atom. The van der Waals surface area contributed by atoms with Gasteiger partial charge in [-0.05, 0) is 37.2 Å². The molecule has 2 rings (SSSR count). The first kappa shape index (κ1) is 11.1. The Morgan fingerprint density at radius 1 is 1.25 bits per heavy atom. The summed E-state index contributed by atoms with van der Waals surface area (Å²) in [5, 5.41) is 6.37. The molecule has 16 heavy (non-hydrogen) atoms. The van der Waals surface area contributed by atoms with Crippen LogP contribution in [0.25, 0.3) is 10.6 Å². The summed E-state index contributed by atoms with van der Waals surface area (Å²) in [5.41, 5.74) is 7.73. The maximum atomic E-state index is 5.43. The Balaban J connectivity index is 2.00. The van der Waals surface area contributed by atoms with Crippen molar-refractivity contribution in [3.63, 3.8) is 0 Å². The Kier molecular flexibility index (Phi) is 3.91. The van der Waals surface area contributed by atoms with E-state index in [1.807, 2.05) is 11.6 Å². The van der Waals surface area contributed by atoms with Gasteiger partial charge in [-0.2, -0.15) is 0 Å². The number of nitrogens with one attached hydrogen (secondary N) is 1. The second kappa shape index (κ2) is 5.63. The summed E-state index contributed by atoms with van der Waals surface area (Å²) in [4.78, 5) is 4.27. The van der Waals surface area contributed by atoms with Crippen LogP contribution in [0.1, 0.15) is 6.42 Å². The van der Waals surface area contributed by atoms with Gasteiger partial charge in [-0.1, -0.05) is 0 Å². The van der Waals surface area contributed by atoms with E-state index in [0.717, 1.165) is 30.2 Å². The molecule has 0 aliphatic carbocycles. The zero-order valence-corrected chi connectivity index (χ0v) is 9.83. The van der Waals surface area contributed by atoms with Crippen molar-refractivity contribution >= 4 is 17.0 Å². The zero-order valence-electron chi connectivity index (χ0n) is 9.02. The van der Waals surface area contributed by atoms with Crippen LogP contribution in [0.2, 0.25) is 0 Å². The van der Waals surface area contributed by atoms with Crippen molar-refractivity contribution in [1.29, 1.82) is 0 Å². The molecule has 3 nitrogen and oxygen atoms in total.